The summed E-state index contributed by atoms with van der Waals surface area (Å²) in [5, 5.41) is 0. The van der Waals surface area contributed by atoms with Crippen LogP contribution >= 0.6 is 15.9 Å². The number of hydrogen-bond acceptors (Lipinski definition) is 2. The average Bonchev–Trinajstić information content (AvgIpc) is 2.85. The number of amides is 1. The molecule has 2 rings (SSSR count). The fraction of sp³-hybridized carbons (Fsp3) is 0.562. The molecule has 20 heavy (non-hydrogen) atoms. The quantitative estimate of drug-likeness (QED) is 0.824. The van der Waals surface area contributed by atoms with Crippen molar-refractivity contribution >= 4 is 21.8 Å². The molecule has 1 aromatic carbocycles. The Labute approximate surface area is 130 Å². The van der Waals surface area contributed by atoms with E-state index in [-0.39, 0.29) is 5.91 Å². The maximum absolute atomic E-state index is 11.3. The fourth-order valence-electron chi connectivity index (χ4n) is 2.81. The number of likely N-dealkylation sites (N-methyl/N-ethyl adjacent to an activating group) is 1. The van der Waals surface area contributed by atoms with Gasteiger partial charge in [0.25, 0.3) is 0 Å². The first kappa shape index (κ1) is 15.5. The van der Waals surface area contributed by atoms with E-state index in [4.69, 9.17) is 0 Å². The number of carbonyl (C=O) groups is 1. The van der Waals surface area contributed by atoms with Crippen LogP contribution in [0.15, 0.2) is 28.7 Å². The molecular formula is C16H23BrN2O. The minimum absolute atomic E-state index is 0.212. The first-order valence-corrected chi connectivity index (χ1v) is 8.02. The van der Waals surface area contributed by atoms with Gasteiger partial charge in [0.1, 0.15) is 0 Å². The largest absolute Gasteiger partial charge is 0.343 e. The first-order valence-electron chi connectivity index (χ1n) is 7.23. The second-order valence-electron chi connectivity index (χ2n) is 5.76. The highest BCUT2D eigenvalue weighted by Crippen LogP contribution is 2.17. The zero-order valence-corrected chi connectivity index (χ0v) is 13.9. The Bertz CT molecular complexity index is 464. The van der Waals surface area contributed by atoms with Crippen molar-refractivity contribution in [3.8, 4) is 0 Å². The molecule has 1 aromatic rings. The maximum Gasteiger partial charge on any atom is 0.219 e. The molecule has 0 aromatic heterocycles. The summed E-state index contributed by atoms with van der Waals surface area (Å²) >= 11 is 3.51. The summed E-state index contributed by atoms with van der Waals surface area (Å²) < 4.78 is 1.14. The number of rotatable bonds is 5. The Morgan fingerprint density at radius 1 is 1.50 bits per heavy atom. The molecule has 0 radical (unpaired) electrons. The first-order chi connectivity index (χ1) is 9.54. The van der Waals surface area contributed by atoms with Gasteiger partial charge in [-0.1, -0.05) is 28.1 Å². The van der Waals surface area contributed by atoms with Crippen LogP contribution in [0.3, 0.4) is 0 Å². The second-order valence-corrected chi connectivity index (χ2v) is 6.68. The number of halogens is 1. The van der Waals surface area contributed by atoms with Gasteiger partial charge in [-0.25, -0.2) is 0 Å². The third kappa shape index (κ3) is 4.60. The van der Waals surface area contributed by atoms with Gasteiger partial charge in [0.05, 0.1) is 0 Å². The Kier molecular flexibility index (Phi) is 5.61. The highest BCUT2D eigenvalue weighted by molar-refractivity contribution is 9.10. The third-order valence-corrected chi connectivity index (χ3v) is 4.47. The Morgan fingerprint density at radius 2 is 2.30 bits per heavy atom. The molecule has 0 N–H and O–H groups in total. The summed E-state index contributed by atoms with van der Waals surface area (Å²) in [4.78, 5) is 15.7. The van der Waals surface area contributed by atoms with E-state index in [1.165, 1.54) is 5.56 Å². The molecule has 3 nitrogen and oxygen atoms in total. The van der Waals surface area contributed by atoms with Crippen LogP contribution in [0.2, 0.25) is 0 Å². The summed E-state index contributed by atoms with van der Waals surface area (Å²) in [7, 11) is 2.18. The van der Waals surface area contributed by atoms with Crippen molar-refractivity contribution in [1.82, 2.24) is 9.80 Å². The minimum Gasteiger partial charge on any atom is -0.343 e. The zero-order valence-electron chi connectivity index (χ0n) is 12.3. The van der Waals surface area contributed by atoms with E-state index in [1.807, 2.05) is 4.90 Å². The van der Waals surface area contributed by atoms with Crippen molar-refractivity contribution in [2.24, 2.45) is 5.92 Å². The third-order valence-electron chi connectivity index (χ3n) is 3.97. The SMILES string of the molecule is CC(=O)N1CC[C@@H](CN(C)CCc2cccc(Br)c2)C1. The molecule has 110 valence electrons. The van der Waals surface area contributed by atoms with Gasteiger partial charge >= 0.3 is 0 Å². The molecule has 1 saturated heterocycles. The molecule has 0 spiro atoms. The fourth-order valence-corrected chi connectivity index (χ4v) is 3.26. The summed E-state index contributed by atoms with van der Waals surface area (Å²) in [5.41, 5.74) is 1.36. The van der Waals surface area contributed by atoms with Gasteiger partial charge < -0.3 is 9.80 Å². The van der Waals surface area contributed by atoms with E-state index in [9.17, 15) is 4.79 Å². The molecule has 0 bridgehead atoms. The van der Waals surface area contributed by atoms with E-state index in [0.717, 1.165) is 43.5 Å². The van der Waals surface area contributed by atoms with Gasteiger partial charge in [-0.3, -0.25) is 4.79 Å². The summed E-state index contributed by atoms with van der Waals surface area (Å²) in [6, 6.07) is 8.50. The lowest BCUT2D eigenvalue weighted by molar-refractivity contribution is -0.127. The van der Waals surface area contributed by atoms with E-state index in [1.54, 1.807) is 6.92 Å². The molecule has 0 unspecified atom stereocenters. The predicted molar refractivity (Wildman–Crippen MR) is 85.7 cm³/mol. The van der Waals surface area contributed by atoms with Crippen LogP contribution < -0.4 is 0 Å². The van der Waals surface area contributed by atoms with Crippen LogP contribution in [0.4, 0.5) is 0 Å². The van der Waals surface area contributed by atoms with E-state index < -0.39 is 0 Å². The van der Waals surface area contributed by atoms with Gasteiger partial charge in [0, 0.05) is 37.6 Å². The summed E-state index contributed by atoms with van der Waals surface area (Å²) in [6.45, 7) is 5.67. The van der Waals surface area contributed by atoms with Crippen molar-refractivity contribution in [3.63, 3.8) is 0 Å². The van der Waals surface area contributed by atoms with Crippen LogP contribution in [0.5, 0.6) is 0 Å². The van der Waals surface area contributed by atoms with Crippen molar-refractivity contribution in [2.45, 2.75) is 19.8 Å². The molecule has 0 saturated carbocycles. The van der Waals surface area contributed by atoms with Crippen molar-refractivity contribution < 1.29 is 4.79 Å². The molecule has 1 aliphatic rings. The number of benzene rings is 1. The van der Waals surface area contributed by atoms with Crippen molar-refractivity contribution in [2.75, 3.05) is 33.2 Å². The van der Waals surface area contributed by atoms with Crippen molar-refractivity contribution in [3.05, 3.63) is 34.3 Å². The molecule has 1 amide bonds. The lowest BCUT2D eigenvalue weighted by atomic mass is 10.1. The van der Waals surface area contributed by atoms with Crippen molar-refractivity contribution in [1.29, 1.82) is 0 Å². The standard InChI is InChI=1S/C16H23BrN2O/c1-13(20)19-9-7-15(12-19)11-18(2)8-6-14-4-3-5-16(17)10-14/h3-5,10,15H,6-9,11-12H2,1-2H3/t15-/m0/s1. The molecule has 1 aliphatic heterocycles. The molecular weight excluding hydrogens is 316 g/mol. The summed E-state index contributed by atoms with van der Waals surface area (Å²) in [5.74, 6) is 0.843. The van der Waals surface area contributed by atoms with Gasteiger partial charge in [0.15, 0.2) is 0 Å². The second kappa shape index (κ2) is 7.23. The lowest BCUT2D eigenvalue weighted by Gasteiger charge is -2.21. The van der Waals surface area contributed by atoms with Gasteiger partial charge in [-0.15, -0.1) is 0 Å². The van der Waals surface area contributed by atoms with Gasteiger partial charge in [-0.05, 0) is 43.5 Å². The van der Waals surface area contributed by atoms with Crippen LogP contribution in [0, 0.1) is 5.92 Å². The highest BCUT2D eigenvalue weighted by atomic mass is 79.9. The van der Waals surface area contributed by atoms with E-state index >= 15 is 0 Å². The normalized spacial score (nSPS) is 18.8. The van der Waals surface area contributed by atoms with E-state index in [2.05, 4.69) is 52.1 Å². The van der Waals surface area contributed by atoms with Crippen LogP contribution in [0.25, 0.3) is 0 Å². The minimum atomic E-state index is 0.212. The van der Waals surface area contributed by atoms with Gasteiger partial charge in [-0.2, -0.15) is 0 Å². The summed E-state index contributed by atoms with van der Waals surface area (Å²) in [6.07, 6.45) is 2.21. The number of nitrogens with zero attached hydrogens (tertiary/aromatic N) is 2. The lowest BCUT2D eigenvalue weighted by Crippen LogP contribution is -2.31. The average molecular weight is 339 g/mol. The van der Waals surface area contributed by atoms with E-state index in [0.29, 0.717) is 5.92 Å². The molecule has 1 heterocycles. The monoisotopic (exact) mass is 338 g/mol. The smallest absolute Gasteiger partial charge is 0.219 e. The highest BCUT2D eigenvalue weighted by Gasteiger charge is 2.24. The van der Waals surface area contributed by atoms with Crippen LogP contribution in [-0.4, -0.2) is 48.9 Å². The zero-order chi connectivity index (χ0) is 14.5. The topological polar surface area (TPSA) is 23.6 Å². The number of carbonyl (C=O) groups excluding carboxylic acids is 1. The number of likely N-dealkylation sites (tertiary alicyclic amines) is 1. The van der Waals surface area contributed by atoms with Gasteiger partial charge in [0.2, 0.25) is 5.91 Å². The molecule has 1 atom stereocenters. The number of hydrogen-bond donors (Lipinski definition) is 0. The van der Waals surface area contributed by atoms with Crippen LogP contribution in [0.1, 0.15) is 18.9 Å². The maximum atomic E-state index is 11.3. The Balaban J connectivity index is 1.73. The molecule has 0 aliphatic carbocycles. The Hall–Kier alpha value is -0.870. The molecule has 4 heteroatoms. The van der Waals surface area contributed by atoms with Crippen LogP contribution in [-0.2, 0) is 11.2 Å². The predicted octanol–water partition coefficient (Wildman–Crippen LogP) is 2.79. The molecule has 1 fully saturated rings. The Morgan fingerprint density at radius 3 is 2.95 bits per heavy atom.